The molecule has 0 spiro atoms. The van der Waals surface area contributed by atoms with Gasteiger partial charge in [-0.2, -0.15) is 0 Å². The molecule has 6 nitrogen and oxygen atoms in total. The van der Waals surface area contributed by atoms with Gasteiger partial charge < -0.3 is 19.2 Å². The van der Waals surface area contributed by atoms with Crippen molar-refractivity contribution in [2.24, 2.45) is 0 Å². The molecule has 6 heteroatoms. The molecule has 1 N–H and O–H groups in total. The largest absolute Gasteiger partial charge is 0.497 e. The summed E-state index contributed by atoms with van der Waals surface area (Å²) in [5.41, 5.74) is 5.95. The molecule has 4 rings (SSSR count). The lowest BCUT2D eigenvalue weighted by Gasteiger charge is -2.15. The second kappa shape index (κ2) is 9.36. The van der Waals surface area contributed by atoms with Crippen molar-refractivity contribution >= 4 is 22.7 Å². The normalized spacial score (nSPS) is 11.1. The van der Waals surface area contributed by atoms with Crippen LogP contribution in [0.15, 0.2) is 59.0 Å². The number of fused-ring (bicyclic) bond motifs is 1. The highest BCUT2D eigenvalue weighted by molar-refractivity contribution is 5.93. The lowest BCUT2D eigenvalue weighted by Crippen LogP contribution is -2.21. The fraction of sp³-hybridized carbons (Fsp3) is 0.259. The van der Waals surface area contributed by atoms with Gasteiger partial charge in [0.2, 0.25) is 5.89 Å². The summed E-state index contributed by atoms with van der Waals surface area (Å²) in [7, 11) is 1.61. The van der Waals surface area contributed by atoms with Gasteiger partial charge in [-0.05, 0) is 66.8 Å². The van der Waals surface area contributed by atoms with Gasteiger partial charge in [0, 0.05) is 17.3 Å². The van der Waals surface area contributed by atoms with Crippen molar-refractivity contribution in [2.75, 3.05) is 19.0 Å². The van der Waals surface area contributed by atoms with E-state index in [1.54, 1.807) is 7.11 Å². The van der Waals surface area contributed by atoms with Gasteiger partial charge in [-0.1, -0.05) is 32.0 Å². The van der Waals surface area contributed by atoms with Crippen molar-refractivity contribution in [1.29, 1.82) is 0 Å². The SMILES string of the molecule is COc1ccc2oc(-c3ccc(C)c(NC(=O)COc4cc(C)ccc4C(C)C)c3)nc2c1. The highest BCUT2D eigenvalue weighted by atomic mass is 16.5. The number of carbonyl (C=O) groups is 1. The first-order valence-electron chi connectivity index (χ1n) is 10.9. The average molecular weight is 445 g/mol. The maximum absolute atomic E-state index is 12.7. The van der Waals surface area contributed by atoms with E-state index in [9.17, 15) is 4.79 Å². The van der Waals surface area contributed by atoms with Crippen molar-refractivity contribution in [2.45, 2.75) is 33.6 Å². The zero-order chi connectivity index (χ0) is 23.5. The highest BCUT2D eigenvalue weighted by Gasteiger charge is 2.14. The molecule has 0 saturated heterocycles. The molecule has 0 atom stereocenters. The van der Waals surface area contributed by atoms with E-state index in [0.29, 0.717) is 34.3 Å². The molecular weight excluding hydrogens is 416 g/mol. The fourth-order valence-electron chi connectivity index (χ4n) is 3.62. The molecular formula is C27H28N2O4. The zero-order valence-corrected chi connectivity index (χ0v) is 19.6. The van der Waals surface area contributed by atoms with Gasteiger partial charge in [0.1, 0.15) is 17.0 Å². The Labute approximate surface area is 193 Å². The lowest BCUT2D eigenvalue weighted by atomic mass is 10.0. The Balaban J connectivity index is 1.51. The van der Waals surface area contributed by atoms with Crippen LogP contribution in [0.25, 0.3) is 22.6 Å². The van der Waals surface area contributed by atoms with Crippen molar-refractivity contribution in [3.63, 3.8) is 0 Å². The number of ether oxygens (including phenoxy) is 2. The van der Waals surface area contributed by atoms with E-state index in [4.69, 9.17) is 13.9 Å². The molecule has 3 aromatic carbocycles. The second-order valence-corrected chi connectivity index (χ2v) is 8.42. The smallest absolute Gasteiger partial charge is 0.262 e. The maximum Gasteiger partial charge on any atom is 0.262 e. The third kappa shape index (κ3) is 5.00. The van der Waals surface area contributed by atoms with E-state index < -0.39 is 0 Å². The van der Waals surface area contributed by atoms with Crippen LogP contribution < -0.4 is 14.8 Å². The third-order valence-electron chi connectivity index (χ3n) is 5.50. The fourth-order valence-corrected chi connectivity index (χ4v) is 3.62. The molecule has 170 valence electrons. The number of amides is 1. The number of methoxy groups -OCH3 is 1. The van der Waals surface area contributed by atoms with Crippen molar-refractivity contribution in [3.05, 3.63) is 71.3 Å². The number of anilines is 1. The number of carbonyl (C=O) groups excluding carboxylic acids is 1. The van der Waals surface area contributed by atoms with Gasteiger partial charge in [0.15, 0.2) is 12.2 Å². The van der Waals surface area contributed by atoms with Crippen LogP contribution in [-0.4, -0.2) is 24.6 Å². The number of aromatic nitrogens is 1. The molecule has 33 heavy (non-hydrogen) atoms. The Kier molecular flexibility index (Phi) is 6.36. The summed E-state index contributed by atoms with van der Waals surface area (Å²) in [4.78, 5) is 17.2. The van der Waals surface area contributed by atoms with Crippen LogP contribution in [0.4, 0.5) is 5.69 Å². The van der Waals surface area contributed by atoms with Crippen LogP contribution in [0, 0.1) is 13.8 Å². The predicted octanol–water partition coefficient (Wildman–Crippen LogP) is 6.26. The van der Waals surface area contributed by atoms with Crippen LogP contribution in [0.5, 0.6) is 11.5 Å². The third-order valence-corrected chi connectivity index (χ3v) is 5.50. The van der Waals surface area contributed by atoms with Gasteiger partial charge in [-0.15, -0.1) is 0 Å². The summed E-state index contributed by atoms with van der Waals surface area (Å²) in [6.45, 7) is 8.08. The van der Waals surface area contributed by atoms with Crippen molar-refractivity contribution < 1.29 is 18.7 Å². The molecule has 0 aliphatic rings. The topological polar surface area (TPSA) is 73.6 Å². The van der Waals surface area contributed by atoms with E-state index in [-0.39, 0.29) is 12.5 Å². The quantitative estimate of drug-likeness (QED) is 0.364. The molecule has 0 unspecified atom stereocenters. The molecule has 0 fully saturated rings. The van der Waals surface area contributed by atoms with Crippen LogP contribution in [0.1, 0.15) is 36.5 Å². The average Bonchev–Trinajstić information content (AvgIpc) is 3.22. The summed E-state index contributed by atoms with van der Waals surface area (Å²) in [6.07, 6.45) is 0. The number of benzene rings is 3. The Hall–Kier alpha value is -3.80. The van der Waals surface area contributed by atoms with Gasteiger partial charge in [-0.3, -0.25) is 4.79 Å². The number of aryl methyl sites for hydroxylation is 2. The van der Waals surface area contributed by atoms with E-state index >= 15 is 0 Å². The van der Waals surface area contributed by atoms with Gasteiger partial charge in [0.05, 0.1) is 7.11 Å². The Morgan fingerprint density at radius 3 is 2.64 bits per heavy atom. The Morgan fingerprint density at radius 1 is 1.06 bits per heavy atom. The van der Waals surface area contributed by atoms with Crippen LogP contribution >= 0.6 is 0 Å². The zero-order valence-electron chi connectivity index (χ0n) is 19.6. The molecule has 0 radical (unpaired) electrons. The monoisotopic (exact) mass is 444 g/mol. The van der Waals surface area contributed by atoms with Crippen molar-refractivity contribution in [1.82, 2.24) is 4.98 Å². The minimum absolute atomic E-state index is 0.0739. The second-order valence-electron chi connectivity index (χ2n) is 8.42. The highest BCUT2D eigenvalue weighted by Crippen LogP contribution is 2.30. The first-order valence-corrected chi connectivity index (χ1v) is 10.9. The van der Waals surface area contributed by atoms with Crippen LogP contribution in [-0.2, 0) is 4.79 Å². The van der Waals surface area contributed by atoms with E-state index in [0.717, 1.165) is 28.0 Å². The molecule has 1 amide bonds. The standard InChI is InChI=1S/C27H28N2O4/c1-16(2)21-10-6-17(3)12-25(21)32-15-26(30)28-22-13-19(8-7-18(22)4)27-29-23-14-20(31-5)9-11-24(23)33-27/h6-14,16H,15H2,1-5H3,(H,28,30). The summed E-state index contributed by atoms with van der Waals surface area (Å²) in [5.74, 6) is 2.01. The Bertz CT molecular complexity index is 1310. The summed E-state index contributed by atoms with van der Waals surface area (Å²) >= 11 is 0. The molecule has 1 aromatic heterocycles. The molecule has 0 aliphatic carbocycles. The first-order chi connectivity index (χ1) is 15.8. The van der Waals surface area contributed by atoms with Gasteiger partial charge in [0.25, 0.3) is 5.91 Å². The number of hydrogen-bond acceptors (Lipinski definition) is 5. The number of rotatable bonds is 7. The van der Waals surface area contributed by atoms with E-state index in [1.807, 2.05) is 56.3 Å². The predicted molar refractivity (Wildman–Crippen MR) is 130 cm³/mol. The minimum Gasteiger partial charge on any atom is -0.497 e. The molecule has 0 aliphatic heterocycles. The van der Waals surface area contributed by atoms with E-state index in [1.165, 1.54) is 0 Å². The molecule has 0 bridgehead atoms. The van der Waals surface area contributed by atoms with Crippen molar-refractivity contribution in [3.8, 4) is 23.0 Å². The van der Waals surface area contributed by atoms with Gasteiger partial charge in [-0.25, -0.2) is 4.98 Å². The summed E-state index contributed by atoms with van der Waals surface area (Å²) in [5, 5.41) is 2.95. The first kappa shape index (κ1) is 22.4. The molecule has 0 saturated carbocycles. The number of oxazole rings is 1. The number of nitrogens with one attached hydrogen (secondary N) is 1. The van der Waals surface area contributed by atoms with E-state index in [2.05, 4.69) is 36.3 Å². The Morgan fingerprint density at radius 2 is 1.88 bits per heavy atom. The number of hydrogen-bond donors (Lipinski definition) is 1. The summed E-state index contributed by atoms with van der Waals surface area (Å²) < 4.78 is 17.0. The summed E-state index contributed by atoms with van der Waals surface area (Å²) in [6, 6.07) is 17.3. The number of nitrogens with zero attached hydrogens (tertiary/aromatic N) is 1. The minimum atomic E-state index is -0.228. The van der Waals surface area contributed by atoms with Gasteiger partial charge >= 0.3 is 0 Å². The van der Waals surface area contributed by atoms with Crippen LogP contribution in [0.2, 0.25) is 0 Å². The lowest BCUT2D eigenvalue weighted by molar-refractivity contribution is -0.118. The molecule has 1 heterocycles. The maximum atomic E-state index is 12.7. The molecule has 4 aromatic rings. The van der Waals surface area contributed by atoms with Crippen LogP contribution in [0.3, 0.4) is 0 Å².